The van der Waals surface area contributed by atoms with Crippen LogP contribution in [-0.4, -0.2) is 24.9 Å². The van der Waals surface area contributed by atoms with Gasteiger partial charge in [-0.1, -0.05) is 48.5 Å². The lowest BCUT2D eigenvalue weighted by Crippen LogP contribution is -2.41. The molecule has 4 aliphatic rings. The monoisotopic (exact) mass is 423 g/mol. The van der Waals surface area contributed by atoms with E-state index in [0.717, 1.165) is 22.3 Å². The van der Waals surface area contributed by atoms with Crippen molar-refractivity contribution in [3.63, 3.8) is 0 Å². The van der Waals surface area contributed by atoms with E-state index in [1.54, 1.807) is 18.2 Å². The number of carbonyl (C=O) groups is 3. The highest BCUT2D eigenvalue weighted by Crippen LogP contribution is 2.61. The average molecular weight is 423 g/mol. The first-order valence-electron chi connectivity index (χ1n) is 10.8. The van der Waals surface area contributed by atoms with Crippen LogP contribution in [-0.2, 0) is 14.3 Å². The number of aryl methyl sites for hydroxylation is 1. The second-order valence-electron chi connectivity index (χ2n) is 8.77. The van der Waals surface area contributed by atoms with Gasteiger partial charge in [0.2, 0.25) is 11.8 Å². The second kappa shape index (κ2) is 6.63. The first kappa shape index (κ1) is 19.0. The summed E-state index contributed by atoms with van der Waals surface area (Å²) in [6.07, 6.45) is 0. The van der Waals surface area contributed by atoms with Crippen molar-refractivity contribution in [2.75, 3.05) is 12.0 Å². The van der Waals surface area contributed by atoms with E-state index in [-0.39, 0.29) is 23.7 Å². The van der Waals surface area contributed by atoms with Gasteiger partial charge in [0.05, 0.1) is 30.2 Å². The molecule has 32 heavy (non-hydrogen) atoms. The molecule has 3 aliphatic carbocycles. The SMILES string of the molecule is COC(=O)c1ccc(N2C(=O)C3C4c5ccccc5C(c5ccccc54)C3C2=O)c(C)c1. The fraction of sp³-hybridized carbons (Fsp3) is 0.222. The summed E-state index contributed by atoms with van der Waals surface area (Å²) in [7, 11) is 1.33. The molecule has 3 aromatic rings. The minimum absolute atomic E-state index is 0.131. The van der Waals surface area contributed by atoms with Crippen LogP contribution in [0.1, 0.15) is 50.0 Å². The quantitative estimate of drug-likeness (QED) is 0.458. The van der Waals surface area contributed by atoms with Crippen molar-refractivity contribution in [1.82, 2.24) is 0 Å². The predicted molar refractivity (Wildman–Crippen MR) is 119 cm³/mol. The highest BCUT2D eigenvalue weighted by atomic mass is 16.5. The van der Waals surface area contributed by atoms with Gasteiger partial charge in [0.15, 0.2) is 0 Å². The molecule has 0 saturated carbocycles. The molecule has 1 saturated heterocycles. The normalized spacial score (nSPS) is 24.8. The zero-order valence-corrected chi connectivity index (χ0v) is 17.7. The predicted octanol–water partition coefficient (Wildman–Crippen LogP) is 4.18. The molecule has 5 nitrogen and oxygen atoms in total. The summed E-state index contributed by atoms with van der Waals surface area (Å²) in [5.74, 6) is -1.87. The Hall–Kier alpha value is -3.73. The van der Waals surface area contributed by atoms with E-state index in [0.29, 0.717) is 16.8 Å². The van der Waals surface area contributed by atoms with Crippen LogP contribution in [0.4, 0.5) is 5.69 Å². The molecule has 0 spiro atoms. The van der Waals surface area contributed by atoms with Crippen molar-refractivity contribution in [2.24, 2.45) is 11.8 Å². The smallest absolute Gasteiger partial charge is 0.337 e. The van der Waals surface area contributed by atoms with Gasteiger partial charge in [-0.2, -0.15) is 0 Å². The van der Waals surface area contributed by atoms with E-state index in [1.807, 2.05) is 31.2 Å². The minimum atomic E-state index is -0.448. The lowest BCUT2D eigenvalue weighted by Gasteiger charge is -2.45. The molecule has 3 aromatic carbocycles. The maximum Gasteiger partial charge on any atom is 0.337 e. The van der Waals surface area contributed by atoms with Gasteiger partial charge in [0.25, 0.3) is 0 Å². The summed E-state index contributed by atoms with van der Waals surface area (Å²) in [5.41, 5.74) is 6.23. The molecule has 7 rings (SSSR count). The number of amides is 2. The van der Waals surface area contributed by atoms with Gasteiger partial charge in [-0.3, -0.25) is 9.59 Å². The molecular weight excluding hydrogens is 402 g/mol. The summed E-state index contributed by atoms with van der Waals surface area (Å²) < 4.78 is 4.80. The summed E-state index contributed by atoms with van der Waals surface area (Å²) in [6.45, 7) is 1.81. The number of benzene rings is 3. The Kier molecular flexibility index (Phi) is 3.94. The van der Waals surface area contributed by atoms with Gasteiger partial charge >= 0.3 is 5.97 Å². The van der Waals surface area contributed by atoms with Gasteiger partial charge in [0, 0.05) is 11.8 Å². The van der Waals surface area contributed by atoms with Gasteiger partial charge in [-0.25, -0.2) is 9.69 Å². The standard InChI is InChI=1S/C27H21NO4/c1-14-13-15(27(31)32-2)11-12-20(14)28-25(29)23-21-16-7-3-4-8-17(16)22(24(23)26(28)30)19-10-6-5-9-18(19)21/h3-13,21-24H,1-2H3. The number of rotatable bonds is 2. The highest BCUT2D eigenvalue weighted by Gasteiger charge is 2.61. The minimum Gasteiger partial charge on any atom is -0.465 e. The summed E-state index contributed by atoms with van der Waals surface area (Å²) in [4.78, 5) is 40.9. The third-order valence-electron chi connectivity index (χ3n) is 7.31. The maximum atomic E-state index is 13.8. The van der Waals surface area contributed by atoms with E-state index in [1.165, 1.54) is 12.0 Å². The summed E-state index contributed by atoms with van der Waals surface area (Å²) >= 11 is 0. The van der Waals surface area contributed by atoms with Crippen LogP contribution in [0.5, 0.6) is 0 Å². The highest BCUT2D eigenvalue weighted by molar-refractivity contribution is 6.23. The second-order valence-corrected chi connectivity index (χ2v) is 8.77. The van der Waals surface area contributed by atoms with Crippen LogP contribution in [0.2, 0.25) is 0 Å². The molecular formula is C27H21NO4. The molecule has 0 radical (unpaired) electrons. The number of hydrogen-bond donors (Lipinski definition) is 0. The van der Waals surface area contributed by atoms with E-state index in [4.69, 9.17) is 4.74 Å². The number of imide groups is 1. The Balaban J connectivity index is 1.50. The molecule has 2 atom stereocenters. The largest absolute Gasteiger partial charge is 0.465 e. The molecule has 0 N–H and O–H groups in total. The molecule has 1 aliphatic heterocycles. The zero-order chi connectivity index (χ0) is 22.1. The number of hydrogen-bond acceptors (Lipinski definition) is 4. The summed E-state index contributed by atoms with van der Waals surface area (Å²) in [5, 5.41) is 0. The van der Waals surface area contributed by atoms with Gasteiger partial charge in [0.1, 0.15) is 0 Å². The third-order valence-corrected chi connectivity index (χ3v) is 7.31. The molecule has 2 bridgehead atoms. The molecule has 1 fully saturated rings. The van der Waals surface area contributed by atoms with Gasteiger partial charge in [-0.05, 0) is 52.9 Å². The Labute approximate surface area is 185 Å². The van der Waals surface area contributed by atoms with Crippen molar-refractivity contribution in [3.05, 3.63) is 100 Å². The van der Waals surface area contributed by atoms with Crippen LogP contribution in [0, 0.1) is 18.8 Å². The Bertz CT molecular complexity index is 1210. The fourth-order valence-corrected chi connectivity index (χ4v) is 6.07. The first-order chi connectivity index (χ1) is 15.5. The van der Waals surface area contributed by atoms with Crippen LogP contribution in [0.15, 0.2) is 66.7 Å². The molecule has 158 valence electrons. The van der Waals surface area contributed by atoms with Crippen molar-refractivity contribution in [2.45, 2.75) is 18.8 Å². The van der Waals surface area contributed by atoms with E-state index >= 15 is 0 Å². The number of nitrogens with zero attached hydrogens (tertiary/aromatic N) is 1. The van der Waals surface area contributed by atoms with E-state index < -0.39 is 17.8 Å². The Morgan fingerprint density at radius 2 is 1.25 bits per heavy atom. The van der Waals surface area contributed by atoms with Crippen LogP contribution >= 0.6 is 0 Å². The first-order valence-corrected chi connectivity index (χ1v) is 10.8. The Morgan fingerprint density at radius 3 is 1.66 bits per heavy atom. The van der Waals surface area contributed by atoms with Crippen molar-refractivity contribution < 1.29 is 19.1 Å². The molecule has 2 amide bonds. The molecule has 2 unspecified atom stereocenters. The maximum absolute atomic E-state index is 13.8. The zero-order valence-electron chi connectivity index (χ0n) is 17.7. The van der Waals surface area contributed by atoms with Gasteiger partial charge < -0.3 is 4.74 Å². The van der Waals surface area contributed by atoms with Crippen LogP contribution in [0.3, 0.4) is 0 Å². The van der Waals surface area contributed by atoms with E-state index in [9.17, 15) is 14.4 Å². The number of esters is 1. The number of carbonyl (C=O) groups excluding carboxylic acids is 3. The Morgan fingerprint density at radius 1 is 0.781 bits per heavy atom. The van der Waals surface area contributed by atoms with Crippen molar-refractivity contribution >= 4 is 23.5 Å². The number of anilines is 1. The van der Waals surface area contributed by atoms with Crippen molar-refractivity contribution in [3.8, 4) is 0 Å². The molecule has 0 aromatic heterocycles. The average Bonchev–Trinajstić information content (AvgIpc) is 3.09. The van der Waals surface area contributed by atoms with E-state index in [2.05, 4.69) is 24.3 Å². The van der Waals surface area contributed by atoms with Crippen molar-refractivity contribution in [1.29, 1.82) is 0 Å². The van der Waals surface area contributed by atoms with Gasteiger partial charge in [-0.15, -0.1) is 0 Å². The lowest BCUT2D eigenvalue weighted by molar-refractivity contribution is -0.122. The number of ether oxygens (including phenoxy) is 1. The lowest BCUT2D eigenvalue weighted by atomic mass is 9.55. The fourth-order valence-electron chi connectivity index (χ4n) is 6.07. The van der Waals surface area contributed by atoms with Crippen LogP contribution < -0.4 is 4.90 Å². The number of methoxy groups -OCH3 is 1. The summed E-state index contributed by atoms with van der Waals surface area (Å²) in [6, 6.07) is 21.3. The molecule has 1 heterocycles. The third kappa shape index (κ3) is 2.31. The van der Waals surface area contributed by atoms with Crippen LogP contribution in [0.25, 0.3) is 0 Å². The molecule has 5 heteroatoms. The topological polar surface area (TPSA) is 63.7 Å².